The number of hydrogen-bond donors (Lipinski definition) is 0. The van der Waals surface area contributed by atoms with Gasteiger partial charge in [-0.2, -0.15) is 0 Å². The van der Waals surface area contributed by atoms with Gasteiger partial charge in [0.25, 0.3) is 0 Å². The van der Waals surface area contributed by atoms with Gasteiger partial charge in [0, 0.05) is 5.92 Å². The summed E-state index contributed by atoms with van der Waals surface area (Å²) in [4.78, 5) is 0. The number of allylic oxidation sites excluding steroid dienone is 1. The van der Waals surface area contributed by atoms with E-state index in [1.54, 1.807) is 0 Å². The third-order valence-electron chi connectivity index (χ3n) is 6.49. The summed E-state index contributed by atoms with van der Waals surface area (Å²) in [6.45, 7) is 4.48. The molecule has 198 valence electrons. The Bertz CT molecular complexity index is 522. The van der Waals surface area contributed by atoms with Crippen LogP contribution < -0.4 is 51.4 Å². The number of unbranched alkanes of at least 4 members (excludes halogenated alkanes) is 19. The van der Waals surface area contributed by atoms with Crippen molar-refractivity contribution in [2.45, 2.75) is 155 Å². The van der Waals surface area contributed by atoms with Crippen LogP contribution in [0.1, 0.15) is 155 Å². The van der Waals surface area contributed by atoms with Gasteiger partial charge in [-0.3, -0.25) is 4.18 Å². The van der Waals surface area contributed by atoms with E-state index >= 15 is 0 Å². The summed E-state index contributed by atoms with van der Waals surface area (Å²) in [7, 11) is -4.61. The second-order valence-electron chi connectivity index (χ2n) is 9.82. The van der Waals surface area contributed by atoms with Gasteiger partial charge in [-0.25, -0.2) is 8.42 Å². The molecule has 0 aromatic rings. The minimum atomic E-state index is -4.61. The average Bonchev–Trinajstić information content (AvgIpc) is 2.78. The molecule has 0 saturated carbocycles. The Morgan fingerprint density at radius 1 is 0.647 bits per heavy atom. The summed E-state index contributed by atoms with van der Waals surface area (Å²) in [6.07, 6.45) is 32.3. The molecule has 0 N–H and O–H groups in total. The first-order chi connectivity index (χ1) is 16.0. The maximum Gasteiger partial charge on any atom is 1.00 e. The van der Waals surface area contributed by atoms with Gasteiger partial charge < -0.3 is 4.55 Å². The number of hydrogen-bond acceptors (Lipinski definition) is 4. The summed E-state index contributed by atoms with van der Waals surface area (Å²) in [5.41, 5.74) is 0. The molecule has 1 unspecified atom stereocenters. The zero-order valence-electron chi connectivity index (χ0n) is 23.0. The van der Waals surface area contributed by atoms with Crippen molar-refractivity contribution in [2.24, 2.45) is 5.92 Å². The Kier molecular flexibility index (Phi) is 31.7. The first-order valence-corrected chi connectivity index (χ1v) is 15.6. The quantitative estimate of drug-likeness (QED) is 0.0438. The van der Waals surface area contributed by atoms with Crippen LogP contribution in [-0.4, -0.2) is 19.6 Å². The van der Waals surface area contributed by atoms with E-state index in [2.05, 4.69) is 30.2 Å². The summed E-state index contributed by atoms with van der Waals surface area (Å²) >= 11 is 0. The summed E-state index contributed by atoms with van der Waals surface area (Å²) in [6, 6.07) is 0. The van der Waals surface area contributed by atoms with Crippen molar-refractivity contribution in [1.29, 1.82) is 0 Å². The summed E-state index contributed by atoms with van der Waals surface area (Å²) in [5.74, 6) is 0.0196. The van der Waals surface area contributed by atoms with E-state index in [-0.39, 0.29) is 63.9 Å². The van der Waals surface area contributed by atoms with Crippen molar-refractivity contribution in [3.05, 3.63) is 12.2 Å². The molecule has 0 heterocycles. The first kappa shape index (κ1) is 37.4. The second-order valence-corrected chi connectivity index (χ2v) is 10.9. The van der Waals surface area contributed by atoms with Crippen LogP contribution in [0.3, 0.4) is 0 Å². The van der Waals surface area contributed by atoms with E-state index in [4.69, 9.17) is 0 Å². The largest absolute Gasteiger partial charge is 1.00 e. The van der Waals surface area contributed by atoms with Crippen molar-refractivity contribution in [3.63, 3.8) is 0 Å². The molecule has 0 aromatic heterocycles. The minimum absolute atomic E-state index is 0. The minimum Gasteiger partial charge on any atom is -0.726 e. The van der Waals surface area contributed by atoms with E-state index in [1.165, 1.54) is 122 Å². The fourth-order valence-electron chi connectivity index (χ4n) is 4.34. The molecule has 0 saturated heterocycles. The molecule has 0 aliphatic heterocycles. The fourth-order valence-corrected chi connectivity index (χ4v) is 4.68. The molecular formula is C28H55KO4S. The van der Waals surface area contributed by atoms with Crippen molar-refractivity contribution in [1.82, 2.24) is 0 Å². The fraction of sp³-hybridized carbons (Fsp3) is 0.929. The van der Waals surface area contributed by atoms with Gasteiger partial charge >= 0.3 is 51.4 Å². The van der Waals surface area contributed by atoms with E-state index in [9.17, 15) is 13.0 Å². The van der Waals surface area contributed by atoms with Gasteiger partial charge in [0.05, 0.1) is 6.61 Å². The maximum absolute atomic E-state index is 10.8. The van der Waals surface area contributed by atoms with E-state index < -0.39 is 10.4 Å². The second kappa shape index (κ2) is 28.8. The SMILES string of the molecule is CCCCCCCCCCCCCC/C=C/C(CCCCCCCCCC)COS(=O)(=O)[O-].[K+]. The average molecular weight is 527 g/mol. The molecule has 0 bridgehead atoms. The Hall–Kier alpha value is 1.25. The normalized spacial score (nSPS) is 12.8. The van der Waals surface area contributed by atoms with Gasteiger partial charge in [0.2, 0.25) is 10.4 Å². The molecule has 0 rings (SSSR count). The van der Waals surface area contributed by atoms with Crippen LogP contribution in [0.4, 0.5) is 0 Å². The van der Waals surface area contributed by atoms with Crippen molar-refractivity contribution in [2.75, 3.05) is 6.61 Å². The first-order valence-electron chi connectivity index (χ1n) is 14.3. The molecule has 0 aliphatic carbocycles. The molecule has 34 heavy (non-hydrogen) atoms. The van der Waals surface area contributed by atoms with Gasteiger partial charge in [0.15, 0.2) is 0 Å². The Morgan fingerprint density at radius 2 is 1.03 bits per heavy atom. The van der Waals surface area contributed by atoms with Gasteiger partial charge in [-0.05, 0) is 19.3 Å². The topological polar surface area (TPSA) is 66.4 Å². The van der Waals surface area contributed by atoms with Crippen LogP contribution in [0.25, 0.3) is 0 Å². The molecule has 0 amide bonds. The smallest absolute Gasteiger partial charge is 0.726 e. The van der Waals surface area contributed by atoms with Crippen LogP contribution in [0.15, 0.2) is 12.2 Å². The Balaban J connectivity index is 0. The van der Waals surface area contributed by atoms with Crippen LogP contribution in [0.5, 0.6) is 0 Å². The Labute approximate surface area is 256 Å². The maximum atomic E-state index is 10.8. The standard InChI is InChI=1S/C28H56O4S.K/c1-3-5-7-9-11-13-14-15-16-17-18-20-22-24-26-28(27-32-33(29,30)31)25-23-21-19-12-10-8-6-4-2;/h24,26,28H,3-23,25,27H2,1-2H3,(H,29,30,31);/q;+1/p-1/b26-24+;. The van der Waals surface area contributed by atoms with E-state index in [1.807, 2.05) is 0 Å². The monoisotopic (exact) mass is 526 g/mol. The zero-order valence-corrected chi connectivity index (χ0v) is 27.0. The summed E-state index contributed by atoms with van der Waals surface area (Å²) in [5, 5.41) is 0. The van der Waals surface area contributed by atoms with E-state index in [0.29, 0.717) is 0 Å². The molecule has 4 nitrogen and oxygen atoms in total. The predicted octanol–water partition coefficient (Wildman–Crippen LogP) is 6.26. The molecule has 6 heteroatoms. The van der Waals surface area contributed by atoms with Crippen LogP contribution in [0, 0.1) is 5.92 Å². The molecule has 0 aliphatic rings. The van der Waals surface area contributed by atoms with Crippen molar-refractivity contribution >= 4 is 10.4 Å². The van der Waals surface area contributed by atoms with Crippen molar-refractivity contribution in [3.8, 4) is 0 Å². The molecule has 0 aromatic carbocycles. The molecular weight excluding hydrogens is 471 g/mol. The third kappa shape index (κ3) is 31.3. The molecule has 0 radical (unpaired) electrons. The zero-order chi connectivity index (χ0) is 24.5. The number of rotatable bonds is 26. The third-order valence-corrected chi connectivity index (χ3v) is 6.91. The molecule has 0 fully saturated rings. The predicted molar refractivity (Wildman–Crippen MR) is 141 cm³/mol. The van der Waals surface area contributed by atoms with Gasteiger partial charge in [0.1, 0.15) is 0 Å². The molecule has 1 atom stereocenters. The molecule has 0 spiro atoms. The summed E-state index contributed by atoms with van der Waals surface area (Å²) < 4.78 is 37.1. The van der Waals surface area contributed by atoms with Gasteiger partial charge in [-0.15, -0.1) is 0 Å². The Morgan fingerprint density at radius 3 is 1.44 bits per heavy atom. The van der Waals surface area contributed by atoms with Crippen LogP contribution in [0.2, 0.25) is 0 Å². The van der Waals surface area contributed by atoms with Gasteiger partial charge in [-0.1, -0.05) is 148 Å². The van der Waals surface area contributed by atoms with E-state index in [0.717, 1.165) is 19.3 Å². The van der Waals surface area contributed by atoms with Crippen LogP contribution in [-0.2, 0) is 14.6 Å². The van der Waals surface area contributed by atoms with Crippen molar-refractivity contribution < 1.29 is 68.5 Å². The van der Waals surface area contributed by atoms with Crippen LogP contribution >= 0.6 is 0 Å².